The number of aryl methyl sites for hydroxylation is 1. The van der Waals surface area contributed by atoms with Crippen molar-refractivity contribution in [1.82, 2.24) is 9.88 Å². The average molecular weight is 256 g/mol. The van der Waals surface area contributed by atoms with Gasteiger partial charge in [-0.3, -0.25) is 0 Å². The van der Waals surface area contributed by atoms with Crippen LogP contribution in [0.4, 0.5) is 0 Å². The zero-order valence-corrected chi connectivity index (χ0v) is 12.2. The van der Waals surface area contributed by atoms with Crippen LogP contribution in [-0.2, 0) is 13.1 Å². The second-order valence-electron chi connectivity index (χ2n) is 5.60. The molecule has 1 N–H and O–H groups in total. The van der Waals surface area contributed by atoms with Crippen LogP contribution in [0, 0.1) is 0 Å². The van der Waals surface area contributed by atoms with E-state index in [1.165, 1.54) is 22.0 Å². The molecule has 0 aliphatic carbocycles. The summed E-state index contributed by atoms with van der Waals surface area (Å²) in [6.07, 6.45) is 3.23. The van der Waals surface area contributed by atoms with Crippen molar-refractivity contribution in [2.75, 3.05) is 0 Å². The summed E-state index contributed by atoms with van der Waals surface area (Å²) >= 11 is 0. The van der Waals surface area contributed by atoms with E-state index in [9.17, 15) is 0 Å². The highest BCUT2D eigenvalue weighted by Gasteiger charge is 2.05. The molecule has 2 aromatic rings. The van der Waals surface area contributed by atoms with Crippen molar-refractivity contribution >= 4 is 10.9 Å². The summed E-state index contributed by atoms with van der Waals surface area (Å²) in [5.74, 6) is 0. The molecule has 2 heteroatoms. The summed E-state index contributed by atoms with van der Waals surface area (Å²) in [6.45, 7) is 12.4. The van der Waals surface area contributed by atoms with Crippen molar-refractivity contribution < 1.29 is 0 Å². The Labute approximate surface area is 116 Å². The maximum atomic E-state index is 3.98. The molecule has 0 atom stereocenters. The lowest BCUT2D eigenvalue weighted by Gasteiger charge is -2.10. The van der Waals surface area contributed by atoms with Crippen LogP contribution >= 0.6 is 0 Å². The molecule has 2 rings (SSSR count). The van der Waals surface area contributed by atoms with Gasteiger partial charge >= 0.3 is 0 Å². The second kappa shape index (κ2) is 6.07. The van der Waals surface area contributed by atoms with Crippen LogP contribution in [0.1, 0.15) is 32.8 Å². The number of hydrogen-bond donors (Lipinski definition) is 1. The Morgan fingerprint density at radius 2 is 2.11 bits per heavy atom. The van der Waals surface area contributed by atoms with E-state index in [-0.39, 0.29) is 0 Å². The van der Waals surface area contributed by atoms with Crippen LogP contribution in [0.3, 0.4) is 0 Å². The lowest BCUT2D eigenvalue weighted by Crippen LogP contribution is -2.21. The minimum Gasteiger partial charge on any atom is -0.347 e. The zero-order chi connectivity index (χ0) is 13.8. The van der Waals surface area contributed by atoms with E-state index in [2.05, 4.69) is 67.7 Å². The number of hydrogen-bond acceptors (Lipinski definition) is 1. The first-order valence-corrected chi connectivity index (χ1v) is 7.02. The van der Waals surface area contributed by atoms with Crippen LogP contribution in [0.15, 0.2) is 42.6 Å². The molecular formula is C17H24N2. The monoisotopic (exact) mass is 256 g/mol. The fourth-order valence-corrected chi connectivity index (χ4v) is 2.26. The van der Waals surface area contributed by atoms with E-state index in [1.54, 1.807) is 0 Å². The van der Waals surface area contributed by atoms with Gasteiger partial charge in [0.05, 0.1) is 0 Å². The van der Waals surface area contributed by atoms with E-state index in [1.807, 2.05) is 0 Å². The lowest BCUT2D eigenvalue weighted by molar-refractivity contribution is 0.590. The SMILES string of the molecule is C=C(C)CCn1ccc2c(CNC(C)C)cccc21. The van der Waals surface area contributed by atoms with E-state index in [0.717, 1.165) is 19.5 Å². The Morgan fingerprint density at radius 3 is 2.79 bits per heavy atom. The summed E-state index contributed by atoms with van der Waals surface area (Å²) in [4.78, 5) is 0. The Balaban J connectivity index is 2.23. The highest BCUT2D eigenvalue weighted by molar-refractivity contribution is 5.83. The molecule has 0 fully saturated rings. The smallest absolute Gasteiger partial charge is 0.0483 e. The zero-order valence-electron chi connectivity index (χ0n) is 12.2. The molecule has 1 heterocycles. The van der Waals surface area contributed by atoms with Crippen LogP contribution in [0.5, 0.6) is 0 Å². The first kappa shape index (κ1) is 13.9. The number of aromatic nitrogens is 1. The largest absolute Gasteiger partial charge is 0.347 e. The third-order valence-corrected chi connectivity index (χ3v) is 3.38. The molecule has 19 heavy (non-hydrogen) atoms. The molecule has 0 unspecified atom stereocenters. The predicted octanol–water partition coefficient (Wildman–Crippen LogP) is 4.11. The number of allylic oxidation sites excluding steroid dienone is 1. The summed E-state index contributed by atoms with van der Waals surface area (Å²) in [7, 11) is 0. The molecule has 0 radical (unpaired) electrons. The fraction of sp³-hybridized carbons (Fsp3) is 0.412. The Hall–Kier alpha value is -1.54. The topological polar surface area (TPSA) is 17.0 Å². The van der Waals surface area contributed by atoms with Crippen molar-refractivity contribution in [2.24, 2.45) is 0 Å². The van der Waals surface area contributed by atoms with E-state index in [4.69, 9.17) is 0 Å². The molecule has 1 aromatic carbocycles. The van der Waals surface area contributed by atoms with Crippen molar-refractivity contribution in [3.8, 4) is 0 Å². The molecule has 0 bridgehead atoms. The molecule has 0 aliphatic rings. The molecule has 0 amide bonds. The van der Waals surface area contributed by atoms with Gasteiger partial charge in [0, 0.05) is 36.2 Å². The average Bonchev–Trinajstić information content (AvgIpc) is 2.77. The fourth-order valence-electron chi connectivity index (χ4n) is 2.26. The lowest BCUT2D eigenvalue weighted by atomic mass is 10.1. The van der Waals surface area contributed by atoms with Gasteiger partial charge in [0.1, 0.15) is 0 Å². The number of nitrogens with one attached hydrogen (secondary N) is 1. The highest BCUT2D eigenvalue weighted by atomic mass is 15.0. The van der Waals surface area contributed by atoms with Crippen molar-refractivity contribution in [3.63, 3.8) is 0 Å². The maximum Gasteiger partial charge on any atom is 0.0483 e. The third-order valence-electron chi connectivity index (χ3n) is 3.38. The first-order chi connectivity index (χ1) is 9.08. The summed E-state index contributed by atoms with van der Waals surface area (Å²) in [6, 6.07) is 9.30. The molecule has 2 nitrogen and oxygen atoms in total. The van der Waals surface area contributed by atoms with Crippen LogP contribution in [0.25, 0.3) is 10.9 Å². The standard InChI is InChI=1S/C17H24N2/c1-13(2)8-10-19-11-9-16-15(12-18-14(3)4)6-5-7-17(16)19/h5-7,9,11,14,18H,1,8,10,12H2,2-4H3. The number of benzene rings is 1. The molecular weight excluding hydrogens is 232 g/mol. The van der Waals surface area contributed by atoms with Crippen molar-refractivity contribution in [2.45, 2.75) is 46.3 Å². The molecule has 0 aliphatic heterocycles. The quantitative estimate of drug-likeness (QED) is 0.770. The minimum atomic E-state index is 0.515. The minimum absolute atomic E-state index is 0.515. The predicted molar refractivity (Wildman–Crippen MR) is 83.3 cm³/mol. The number of nitrogens with zero attached hydrogens (tertiary/aromatic N) is 1. The van der Waals surface area contributed by atoms with Gasteiger partial charge < -0.3 is 9.88 Å². The molecule has 1 aromatic heterocycles. The van der Waals surface area contributed by atoms with Crippen molar-refractivity contribution in [1.29, 1.82) is 0 Å². The Bertz CT molecular complexity index is 564. The van der Waals surface area contributed by atoms with E-state index < -0.39 is 0 Å². The third kappa shape index (κ3) is 3.48. The summed E-state index contributed by atoms with van der Waals surface area (Å²) in [5, 5.41) is 4.85. The van der Waals surface area contributed by atoms with E-state index in [0.29, 0.717) is 6.04 Å². The van der Waals surface area contributed by atoms with Crippen molar-refractivity contribution in [3.05, 3.63) is 48.2 Å². The van der Waals surface area contributed by atoms with Gasteiger partial charge in [0.15, 0.2) is 0 Å². The van der Waals surface area contributed by atoms with Gasteiger partial charge in [-0.25, -0.2) is 0 Å². The Morgan fingerprint density at radius 1 is 1.32 bits per heavy atom. The number of rotatable bonds is 6. The number of fused-ring (bicyclic) bond motifs is 1. The van der Waals surface area contributed by atoms with Gasteiger partial charge in [-0.05, 0) is 31.0 Å². The van der Waals surface area contributed by atoms with Gasteiger partial charge in [-0.2, -0.15) is 0 Å². The maximum absolute atomic E-state index is 3.98. The van der Waals surface area contributed by atoms with Crippen LogP contribution < -0.4 is 5.32 Å². The summed E-state index contributed by atoms with van der Waals surface area (Å²) < 4.78 is 2.32. The molecule has 0 saturated heterocycles. The normalized spacial score (nSPS) is 11.4. The van der Waals surface area contributed by atoms with E-state index >= 15 is 0 Å². The van der Waals surface area contributed by atoms with Crippen LogP contribution in [0.2, 0.25) is 0 Å². The second-order valence-corrected chi connectivity index (χ2v) is 5.60. The van der Waals surface area contributed by atoms with Crippen LogP contribution in [-0.4, -0.2) is 10.6 Å². The Kier molecular flexibility index (Phi) is 4.43. The van der Waals surface area contributed by atoms with Gasteiger partial charge in [0.2, 0.25) is 0 Å². The highest BCUT2D eigenvalue weighted by Crippen LogP contribution is 2.21. The van der Waals surface area contributed by atoms with Gasteiger partial charge in [-0.1, -0.05) is 31.6 Å². The summed E-state index contributed by atoms with van der Waals surface area (Å²) in [5.41, 5.74) is 3.93. The first-order valence-electron chi connectivity index (χ1n) is 7.02. The molecule has 0 spiro atoms. The van der Waals surface area contributed by atoms with Gasteiger partial charge in [-0.15, -0.1) is 6.58 Å². The molecule has 102 valence electrons. The van der Waals surface area contributed by atoms with Gasteiger partial charge in [0.25, 0.3) is 0 Å². The molecule has 0 saturated carbocycles.